The first-order chi connectivity index (χ1) is 13.4. The first kappa shape index (κ1) is 21.9. The molecule has 0 bridgehead atoms. The normalized spacial score (nSPS) is 11.6. The van der Waals surface area contributed by atoms with Gasteiger partial charge in [0.15, 0.2) is 0 Å². The van der Waals surface area contributed by atoms with Crippen LogP contribution in [0.4, 0.5) is 5.69 Å². The molecular formula is C20H22Cl2N2O4. The molecule has 1 amide bonds. The Morgan fingerprint density at radius 1 is 0.964 bits per heavy atom. The van der Waals surface area contributed by atoms with E-state index in [0.29, 0.717) is 36.0 Å². The Morgan fingerprint density at radius 2 is 1.54 bits per heavy atom. The molecule has 2 rings (SSSR count). The zero-order chi connectivity index (χ0) is 20.5. The Labute approximate surface area is 173 Å². The Kier molecular flexibility index (Phi) is 8.42. The zero-order valence-electron chi connectivity index (χ0n) is 15.1. The molecule has 0 aliphatic carbocycles. The van der Waals surface area contributed by atoms with Gasteiger partial charge in [-0.05, 0) is 42.0 Å². The number of nitrogens with zero attached hydrogens (tertiary/aromatic N) is 1. The van der Waals surface area contributed by atoms with E-state index in [4.69, 9.17) is 23.2 Å². The van der Waals surface area contributed by atoms with Crippen molar-refractivity contribution in [3.8, 4) is 5.75 Å². The molecule has 0 saturated carbocycles. The fourth-order valence-corrected chi connectivity index (χ4v) is 3.12. The fourth-order valence-electron chi connectivity index (χ4n) is 2.71. The standard InChI is InChI=1S/C20H22Cl2N2O4/c21-9-11-24(12-10-22)16-5-3-15(4-6-16)19(26)23-18(20(27)28)13-14-1-7-17(25)8-2-14/h1-8,18,25H,9-13H2,(H,23,26)(H,27,28)/t18-/m0/s1. The monoisotopic (exact) mass is 424 g/mol. The molecule has 28 heavy (non-hydrogen) atoms. The Bertz CT molecular complexity index is 776. The highest BCUT2D eigenvalue weighted by Gasteiger charge is 2.21. The lowest BCUT2D eigenvalue weighted by atomic mass is 10.1. The van der Waals surface area contributed by atoms with Crippen LogP contribution in [0.15, 0.2) is 48.5 Å². The summed E-state index contributed by atoms with van der Waals surface area (Å²) in [5.41, 5.74) is 1.94. The molecule has 0 aliphatic heterocycles. The topological polar surface area (TPSA) is 89.9 Å². The molecule has 0 aromatic heterocycles. The highest BCUT2D eigenvalue weighted by molar-refractivity contribution is 6.18. The van der Waals surface area contributed by atoms with Crippen molar-refractivity contribution in [3.63, 3.8) is 0 Å². The van der Waals surface area contributed by atoms with E-state index in [0.717, 1.165) is 5.69 Å². The number of carboxylic acids is 1. The van der Waals surface area contributed by atoms with E-state index in [-0.39, 0.29) is 12.2 Å². The second-order valence-corrected chi connectivity index (χ2v) is 6.90. The SMILES string of the molecule is O=C(N[C@@H](Cc1ccc(O)cc1)C(=O)O)c1ccc(N(CCCl)CCCl)cc1. The number of phenols is 1. The van der Waals surface area contributed by atoms with Crippen LogP contribution in [0.5, 0.6) is 5.75 Å². The summed E-state index contributed by atoms with van der Waals surface area (Å²) in [4.78, 5) is 26.0. The summed E-state index contributed by atoms with van der Waals surface area (Å²) in [6.45, 7) is 1.26. The molecule has 8 heteroatoms. The first-order valence-electron chi connectivity index (χ1n) is 8.73. The van der Waals surface area contributed by atoms with Gasteiger partial charge >= 0.3 is 5.97 Å². The van der Waals surface area contributed by atoms with Crippen LogP contribution in [0.2, 0.25) is 0 Å². The highest BCUT2D eigenvalue weighted by atomic mass is 35.5. The van der Waals surface area contributed by atoms with Crippen LogP contribution >= 0.6 is 23.2 Å². The largest absolute Gasteiger partial charge is 0.508 e. The number of benzene rings is 2. The molecule has 2 aromatic carbocycles. The lowest BCUT2D eigenvalue weighted by Gasteiger charge is -2.23. The van der Waals surface area contributed by atoms with Crippen LogP contribution in [-0.2, 0) is 11.2 Å². The molecule has 0 spiro atoms. The molecule has 0 radical (unpaired) electrons. The Balaban J connectivity index is 2.06. The van der Waals surface area contributed by atoms with Gasteiger partial charge in [-0.2, -0.15) is 0 Å². The average molecular weight is 425 g/mol. The number of aromatic hydroxyl groups is 1. The highest BCUT2D eigenvalue weighted by Crippen LogP contribution is 2.16. The number of anilines is 1. The number of nitrogens with one attached hydrogen (secondary N) is 1. The molecule has 1 atom stereocenters. The Morgan fingerprint density at radius 3 is 2.04 bits per heavy atom. The summed E-state index contributed by atoms with van der Waals surface area (Å²) < 4.78 is 0. The van der Waals surface area contributed by atoms with Crippen molar-refractivity contribution in [2.24, 2.45) is 0 Å². The maximum absolute atomic E-state index is 12.5. The first-order valence-corrected chi connectivity index (χ1v) is 9.80. The van der Waals surface area contributed by atoms with E-state index in [1.807, 2.05) is 4.90 Å². The van der Waals surface area contributed by atoms with Crippen molar-refractivity contribution in [3.05, 3.63) is 59.7 Å². The number of phenolic OH excluding ortho intramolecular Hbond substituents is 1. The molecule has 3 N–H and O–H groups in total. The van der Waals surface area contributed by atoms with E-state index < -0.39 is 17.9 Å². The summed E-state index contributed by atoms with van der Waals surface area (Å²) in [6, 6.07) is 11.9. The summed E-state index contributed by atoms with van der Waals surface area (Å²) >= 11 is 11.6. The van der Waals surface area contributed by atoms with Gasteiger partial charge in [0.05, 0.1) is 0 Å². The lowest BCUT2D eigenvalue weighted by Crippen LogP contribution is -2.42. The van der Waals surface area contributed by atoms with Crippen molar-refractivity contribution in [1.82, 2.24) is 5.32 Å². The number of carbonyl (C=O) groups is 2. The van der Waals surface area contributed by atoms with Crippen molar-refractivity contribution in [2.75, 3.05) is 29.7 Å². The van der Waals surface area contributed by atoms with Gasteiger partial charge < -0.3 is 20.4 Å². The predicted octanol–water partition coefficient (Wildman–Crippen LogP) is 3.10. The number of alkyl halides is 2. The second-order valence-electron chi connectivity index (χ2n) is 6.15. The number of amides is 1. The molecule has 2 aromatic rings. The van der Waals surface area contributed by atoms with Gasteiger partial charge in [-0.25, -0.2) is 4.79 Å². The second kappa shape index (κ2) is 10.8. The third-order valence-corrected chi connectivity index (χ3v) is 4.52. The fraction of sp³-hybridized carbons (Fsp3) is 0.300. The minimum Gasteiger partial charge on any atom is -0.508 e. The molecule has 0 heterocycles. The van der Waals surface area contributed by atoms with Crippen molar-refractivity contribution >= 4 is 40.8 Å². The predicted molar refractivity (Wildman–Crippen MR) is 111 cm³/mol. The van der Waals surface area contributed by atoms with E-state index in [1.165, 1.54) is 12.1 Å². The van der Waals surface area contributed by atoms with Gasteiger partial charge in [0.25, 0.3) is 5.91 Å². The van der Waals surface area contributed by atoms with Gasteiger partial charge in [0.2, 0.25) is 0 Å². The Hall–Kier alpha value is -2.44. The summed E-state index contributed by atoms with van der Waals surface area (Å²) in [5, 5.41) is 21.3. The third-order valence-electron chi connectivity index (χ3n) is 4.18. The minimum atomic E-state index is -1.13. The van der Waals surface area contributed by atoms with Crippen molar-refractivity contribution < 1.29 is 19.8 Å². The molecule has 0 saturated heterocycles. The van der Waals surface area contributed by atoms with Crippen molar-refractivity contribution in [2.45, 2.75) is 12.5 Å². The van der Waals surface area contributed by atoms with E-state index in [1.54, 1.807) is 36.4 Å². The van der Waals surface area contributed by atoms with Crippen LogP contribution in [0.1, 0.15) is 15.9 Å². The van der Waals surface area contributed by atoms with E-state index >= 15 is 0 Å². The third kappa shape index (κ3) is 6.32. The molecule has 150 valence electrons. The molecule has 6 nitrogen and oxygen atoms in total. The maximum atomic E-state index is 12.5. The molecule has 0 aliphatic rings. The molecular weight excluding hydrogens is 403 g/mol. The van der Waals surface area contributed by atoms with Crippen LogP contribution in [0.3, 0.4) is 0 Å². The number of hydrogen-bond acceptors (Lipinski definition) is 4. The smallest absolute Gasteiger partial charge is 0.326 e. The van der Waals surface area contributed by atoms with Crippen LogP contribution in [0, 0.1) is 0 Å². The zero-order valence-corrected chi connectivity index (χ0v) is 16.7. The van der Waals surface area contributed by atoms with Gasteiger partial charge in [0, 0.05) is 42.5 Å². The number of aliphatic carboxylic acids is 1. The summed E-state index contributed by atoms with van der Waals surface area (Å²) in [7, 11) is 0. The lowest BCUT2D eigenvalue weighted by molar-refractivity contribution is -0.139. The number of halogens is 2. The maximum Gasteiger partial charge on any atom is 0.326 e. The number of carboxylic acid groups (broad SMARTS) is 1. The quantitative estimate of drug-likeness (QED) is 0.509. The van der Waals surface area contributed by atoms with Gasteiger partial charge in [0.1, 0.15) is 11.8 Å². The van der Waals surface area contributed by atoms with Crippen LogP contribution in [0.25, 0.3) is 0 Å². The number of carbonyl (C=O) groups excluding carboxylic acids is 1. The number of hydrogen-bond donors (Lipinski definition) is 3. The average Bonchev–Trinajstić information content (AvgIpc) is 2.69. The van der Waals surface area contributed by atoms with Gasteiger partial charge in [-0.15, -0.1) is 23.2 Å². The molecule has 0 unspecified atom stereocenters. The minimum absolute atomic E-state index is 0.0946. The molecule has 0 fully saturated rings. The van der Waals surface area contributed by atoms with Gasteiger partial charge in [-0.3, -0.25) is 4.79 Å². The van der Waals surface area contributed by atoms with Crippen molar-refractivity contribution in [1.29, 1.82) is 0 Å². The summed E-state index contributed by atoms with van der Waals surface area (Å²) in [6.07, 6.45) is 0.110. The van der Waals surface area contributed by atoms with Gasteiger partial charge in [-0.1, -0.05) is 12.1 Å². The van der Waals surface area contributed by atoms with Crippen LogP contribution in [-0.4, -0.2) is 53.0 Å². The van der Waals surface area contributed by atoms with E-state index in [2.05, 4.69) is 5.32 Å². The van der Waals surface area contributed by atoms with E-state index in [9.17, 15) is 19.8 Å². The summed E-state index contributed by atoms with van der Waals surface area (Å²) in [5.74, 6) is -0.600. The van der Waals surface area contributed by atoms with Crippen LogP contribution < -0.4 is 10.2 Å². The number of rotatable bonds is 10.